The summed E-state index contributed by atoms with van der Waals surface area (Å²) in [6, 6.07) is 3.63. The Bertz CT molecular complexity index is 493. The largest absolute Gasteiger partial charge is 0.467 e. The molecule has 0 saturated carbocycles. The zero-order valence-corrected chi connectivity index (χ0v) is 11.6. The van der Waals surface area contributed by atoms with Gasteiger partial charge in [0.25, 0.3) is 0 Å². The Morgan fingerprint density at radius 3 is 3.10 bits per heavy atom. The summed E-state index contributed by atoms with van der Waals surface area (Å²) in [5.74, 6) is 1.66. The van der Waals surface area contributed by atoms with E-state index in [9.17, 15) is 4.79 Å². The van der Waals surface area contributed by atoms with Crippen LogP contribution in [0.5, 0.6) is 0 Å². The van der Waals surface area contributed by atoms with Crippen molar-refractivity contribution < 1.29 is 9.21 Å². The summed E-state index contributed by atoms with van der Waals surface area (Å²) in [5.41, 5.74) is 0. The lowest BCUT2D eigenvalue weighted by Gasteiger charge is -2.21. The quantitative estimate of drug-likeness (QED) is 0.814. The second-order valence-electron chi connectivity index (χ2n) is 4.52. The van der Waals surface area contributed by atoms with Crippen molar-refractivity contribution in [3.8, 4) is 0 Å². The number of hydrogen-bond acceptors (Lipinski definition) is 3. The van der Waals surface area contributed by atoms with Crippen LogP contribution in [0.4, 0.5) is 4.79 Å². The van der Waals surface area contributed by atoms with Gasteiger partial charge in [0.05, 0.1) is 12.8 Å². The highest BCUT2D eigenvalue weighted by atomic mass is 16.3. The van der Waals surface area contributed by atoms with Gasteiger partial charge in [-0.25, -0.2) is 9.78 Å². The van der Waals surface area contributed by atoms with Crippen LogP contribution in [-0.4, -0.2) is 34.0 Å². The SMILES string of the molecule is CCCN(Cc1ccco1)C(=O)NCCc1ncc[nH]1. The molecule has 6 nitrogen and oxygen atoms in total. The fraction of sp³-hybridized carbons (Fsp3) is 0.429. The van der Waals surface area contributed by atoms with E-state index < -0.39 is 0 Å². The van der Waals surface area contributed by atoms with Gasteiger partial charge in [0.15, 0.2) is 0 Å². The third-order valence-electron chi connectivity index (χ3n) is 2.90. The van der Waals surface area contributed by atoms with Crippen molar-refractivity contribution in [2.75, 3.05) is 13.1 Å². The molecule has 2 N–H and O–H groups in total. The van der Waals surface area contributed by atoms with E-state index in [0.717, 1.165) is 18.0 Å². The normalized spacial score (nSPS) is 10.4. The number of urea groups is 1. The second kappa shape index (κ2) is 7.37. The summed E-state index contributed by atoms with van der Waals surface area (Å²) in [5, 5.41) is 2.90. The van der Waals surface area contributed by atoms with E-state index in [1.165, 1.54) is 0 Å². The van der Waals surface area contributed by atoms with Crippen LogP contribution >= 0.6 is 0 Å². The number of aromatic nitrogens is 2. The smallest absolute Gasteiger partial charge is 0.317 e. The minimum absolute atomic E-state index is 0.0743. The first-order chi connectivity index (χ1) is 9.79. The molecule has 0 unspecified atom stereocenters. The molecule has 0 aliphatic rings. The predicted octanol–water partition coefficient (Wildman–Crippen LogP) is 2.17. The van der Waals surface area contributed by atoms with Gasteiger partial charge >= 0.3 is 6.03 Å². The molecule has 0 aliphatic carbocycles. The topological polar surface area (TPSA) is 74.2 Å². The number of rotatable bonds is 7. The number of furan rings is 1. The van der Waals surface area contributed by atoms with Gasteiger partial charge in [0, 0.05) is 31.9 Å². The lowest BCUT2D eigenvalue weighted by molar-refractivity contribution is 0.190. The highest BCUT2D eigenvalue weighted by Gasteiger charge is 2.13. The third kappa shape index (κ3) is 4.15. The molecular weight excluding hydrogens is 256 g/mol. The Morgan fingerprint density at radius 2 is 2.45 bits per heavy atom. The molecule has 0 fully saturated rings. The Labute approximate surface area is 118 Å². The van der Waals surface area contributed by atoms with Crippen molar-refractivity contribution in [1.29, 1.82) is 0 Å². The molecule has 0 bridgehead atoms. The summed E-state index contributed by atoms with van der Waals surface area (Å²) >= 11 is 0. The maximum absolute atomic E-state index is 12.1. The Morgan fingerprint density at radius 1 is 1.55 bits per heavy atom. The first kappa shape index (κ1) is 14.2. The molecule has 0 radical (unpaired) electrons. The number of H-pyrrole nitrogens is 1. The first-order valence-electron chi connectivity index (χ1n) is 6.83. The van der Waals surface area contributed by atoms with E-state index in [4.69, 9.17) is 4.42 Å². The highest BCUT2D eigenvalue weighted by molar-refractivity contribution is 5.74. The molecule has 2 rings (SSSR count). The fourth-order valence-corrected chi connectivity index (χ4v) is 1.95. The molecule has 2 heterocycles. The number of nitrogens with zero attached hydrogens (tertiary/aromatic N) is 2. The van der Waals surface area contributed by atoms with Gasteiger partial charge in [-0.15, -0.1) is 0 Å². The lowest BCUT2D eigenvalue weighted by Crippen LogP contribution is -2.40. The van der Waals surface area contributed by atoms with Crippen LogP contribution in [0, 0.1) is 0 Å². The van der Waals surface area contributed by atoms with E-state index in [1.54, 1.807) is 23.6 Å². The van der Waals surface area contributed by atoms with Crippen molar-refractivity contribution in [2.24, 2.45) is 0 Å². The Hall–Kier alpha value is -2.24. The molecule has 2 amide bonds. The molecule has 6 heteroatoms. The number of imidazole rings is 1. The summed E-state index contributed by atoms with van der Waals surface area (Å²) in [6.07, 6.45) is 6.70. The van der Waals surface area contributed by atoms with E-state index in [-0.39, 0.29) is 6.03 Å². The number of carbonyl (C=O) groups excluding carboxylic acids is 1. The highest BCUT2D eigenvalue weighted by Crippen LogP contribution is 2.06. The molecule has 0 atom stereocenters. The predicted molar refractivity (Wildman–Crippen MR) is 75.1 cm³/mol. The minimum Gasteiger partial charge on any atom is -0.467 e. The van der Waals surface area contributed by atoms with Gasteiger partial charge in [-0.2, -0.15) is 0 Å². The molecule has 2 aromatic rings. The molecule has 0 aliphatic heterocycles. The summed E-state index contributed by atoms with van der Waals surface area (Å²) in [7, 11) is 0. The molecule has 0 saturated heterocycles. The van der Waals surface area contributed by atoms with Gasteiger partial charge in [0.1, 0.15) is 11.6 Å². The molecule has 0 aromatic carbocycles. The van der Waals surface area contributed by atoms with Crippen LogP contribution in [0.15, 0.2) is 35.2 Å². The van der Waals surface area contributed by atoms with E-state index in [0.29, 0.717) is 26.1 Å². The van der Waals surface area contributed by atoms with Crippen molar-refractivity contribution in [3.63, 3.8) is 0 Å². The van der Waals surface area contributed by atoms with E-state index in [2.05, 4.69) is 15.3 Å². The summed E-state index contributed by atoms with van der Waals surface area (Å²) < 4.78 is 5.29. The van der Waals surface area contributed by atoms with Gasteiger partial charge < -0.3 is 19.6 Å². The van der Waals surface area contributed by atoms with Crippen LogP contribution in [0.1, 0.15) is 24.9 Å². The van der Waals surface area contributed by atoms with E-state index >= 15 is 0 Å². The molecule has 20 heavy (non-hydrogen) atoms. The van der Waals surface area contributed by atoms with Gasteiger partial charge in [-0.05, 0) is 18.6 Å². The molecule has 2 aromatic heterocycles. The fourth-order valence-electron chi connectivity index (χ4n) is 1.95. The van der Waals surface area contributed by atoms with Crippen LogP contribution in [0.3, 0.4) is 0 Å². The Kier molecular flexibility index (Phi) is 5.23. The molecular formula is C14H20N4O2. The first-order valence-corrected chi connectivity index (χ1v) is 6.83. The zero-order valence-electron chi connectivity index (χ0n) is 11.6. The number of aromatic amines is 1. The van der Waals surface area contributed by atoms with E-state index in [1.807, 2.05) is 19.1 Å². The van der Waals surface area contributed by atoms with Crippen molar-refractivity contribution in [1.82, 2.24) is 20.2 Å². The third-order valence-corrected chi connectivity index (χ3v) is 2.90. The number of nitrogens with one attached hydrogen (secondary N) is 2. The summed E-state index contributed by atoms with van der Waals surface area (Å²) in [4.78, 5) is 21.0. The molecule has 0 spiro atoms. The van der Waals surface area contributed by atoms with Crippen LogP contribution < -0.4 is 5.32 Å². The number of amides is 2. The van der Waals surface area contributed by atoms with Gasteiger partial charge in [-0.3, -0.25) is 0 Å². The standard InChI is InChI=1S/C14H20N4O2/c1-2-9-18(11-12-4-3-10-20-12)14(19)17-6-5-13-15-7-8-16-13/h3-4,7-8,10H,2,5-6,9,11H2,1H3,(H,15,16)(H,17,19). The minimum atomic E-state index is -0.0743. The van der Waals surface area contributed by atoms with Gasteiger partial charge in [0.2, 0.25) is 0 Å². The number of hydrogen-bond donors (Lipinski definition) is 2. The second-order valence-corrected chi connectivity index (χ2v) is 4.52. The maximum Gasteiger partial charge on any atom is 0.317 e. The van der Waals surface area contributed by atoms with Crippen molar-refractivity contribution in [3.05, 3.63) is 42.4 Å². The van der Waals surface area contributed by atoms with Crippen molar-refractivity contribution >= 4 is 6.03 Å². The average Bonchev–Trinajstić information content (AvgIpc) is 3.11. The zero-order chi connectivity index (χ0) is 14.2. The maximum atomic E-state index is 12.1. The number of carbonyl (C=O) groups is 1. The Balaban J connectivity index is 1.80. The average molecular weight is 276 g/mol. The van der Waals surface area contributed by atoms with Crippen LogP contribution in [0.2, 0.25) is 0 Å². The van der Waals surface area contributed by atoms with Crippen molar-refractivity contribution in [2.45, 2.75) is 26.3 Å². The van der Waals surface area contributed by atoms with Crippen LogP contribution in [-0.2, 0) is 13.0 Å². The monoisotopic (exact) mass is 276 g/mol. The lowest BCUT2D eigenvalue weighted by atomic mass is 10.3. The molecule has 108 valence electrons. The summed E-state index contributed by atoms with van der Waals surface area (Å²) in [6.45, 7) is 3.80. The van der Waals surface area contributed by atoms with Crippen LogP contribution in [0.25, 0.3) is 0 Å². The van der Waals surface area contributed by atoms with Gasteiger partial charge in [-0.1, -0.05) is 6.92 Å².